The van der Waals surface area contributed by atoms with E-state index in [1.165, 1.54) is 25.3 Å². The number of amides is 2. The summed E-state index contributed by atoms with van der Waals surface area (Å²) in [7, 11) is -2.66. The average molecular weight is 388 g/mol. The minimum atomic E-state index is -4.15. The molecule has 0 spiro atoms. The first-order valence-corrected chi connectivity index (χ1v) is 9.86. The molecule has 1 heterocycles. The average Bonchev–Trinajstić information content (AvgIpc) is 3.05. The molecule has 0 unspecified atom stereocenters. The van der Waals surface area contributed by atoms with E-state index >= 15 is 0 Å². The maximum Gasteiger partial charge on any atom is 0.267 e. The van der Waals surface area contributed by atoms with Crippen molar-refractivity contribution in [3.05, 3.63) is 54.1 Å². The van der Waals surface area contributed by atoms with Gasteiger partial charge in [0, 0.05) is 12.1 Å². The zero-order valence-electron chi connectivity index (χ0n) is 15.0. The SMILES string of the molecule is COc1ccc(S(=O)(=O)N2C(=O)CC[C@H]2C(=O)Nc2ccccc2)cc1C. The summed E-state index contributed by atoms with van der Waals surface area (Å²) in [6, 6.07) is 12.0. The number of ether oxygens (including phenoxy) is 1. The van der Waals surface area contributed by atoms with E-state index in [0.29, 0.717) is 21.3 Å². The van der Waals surface area contributed by atoms with Gasteiger partial charge >= 0.3 is 0 Å². The van der Waals surface area contributed by atoms with Crippen LogP contribution in [0.3, 0.4) is 0 Å². The summed E-state index contributed by atoms with van der Waals surface area (Å²) in [6.07, 6.45) is 0.146. The van der Waals surface area contributed by atoms with Crippen molar-refractivity contribution in [2.75, 3.05) is 12.4 Å². The monoisotopic (exact) mass is 388 g/mol. The molecule has 3 rings (SSSR count). The van der Waals surface area contributed by atoms with Crippen molar-refractivity contribution < 1.29 is 22.7 Å². The molecule has 2 aromatic rings. The highest BCUT2D eigenvalue weighted by Gasteiger charge is 2.44. The number of rotatable bonds is 5. The summed E-state index contributed by atoms with van der Waals surface area (Å²) in [5.74, 6) is -0.572. The van der Waals surface area contributed by atoms with Crippen molar-refractivity contribution >= 4 is 27.5 Å². The van der Waals surface area contributed by atoms with Crippen LogP contribution in [-0.2, 0) is 19.6 Å². The van der Waals surface area contributed by atoms with Crippen LogP contribution in [0, 0.1) is 6.92 Å². The molecule has 0 aliphatic carbocycles. The summed E-state index contributed by atoms with van der Waals surface area (Å²) < 4.78 is 31.9. The van der Waals surface area contributed by atoms with Crippen molar-refractivity contribution in [2.45, 2.75) is 30.7 Å². The quantitative estimate of drug-likeness (QED) is 0.849. The molecule has 2 aromatic carbocycles. The molecule has 0 aromatic heterocycles. The van der Waals surface area contributed by atoms with Gasteiger partial charge in [0.1, 0.15) is 11.8 Å². The Bertz CT molecular complexity index is 973. The first kappa shape index (κ1) is 18.9. The topological polar surface area (TPSA) is 92.8 Å². The van der Waals surface area contributed by atoms with E-state index in [1.54, 1.807) is 37.3 Å². The standard InChI is InChI=1S/C19H20N2O5S/c1-13-12-15(8-10-17(13)26-2)27(24,25)21-16(9-11-18(21)22)19(23)20-14-6-4-3-5-7-14/h3-8,10,12,16H,9,11H2,1-2H3,(H,20,23)/t16-/m0/s1. The smallest absolute Gasteiger partial charge is 0.267 e. The molecule has 0 radical (unpaired) electrons. The third kappa shape index (κ3) is 3.66. The van der Waals surface area contributed by atoms with Gasteiger partial charge in [0.05, 0.1) is 12.0 Å². The number of sulfonamides is 1. The third-order valence-electron chi connectivity index (χ3n) is 4.43. The minimum absolute atomic E-state index is 0.00123. The zero-order valence-corrected chi connectivity index (χ0v) is 15.8. The van der Waals surface area contributed by atoms with E-state index in [2.05, 4.69) is 5.32 Å². The van der Waals surface area contributed by atoms with Crippen molar-refractivity contribution in [1.29, 1.82) is 0 Å². The van der Waals surface area contributed by atoms with Gasteiger partial charge in [0.15, 0.2) is 0 Å². The Morgan fingerprint density at radius 2 is 1.89 bits per heavy atom. The molecule has 1 saturated heterocycles. The number of hydrogen-bond acceptors (Lipinski definition) is 5. The molecule has 142 valence electrons. The minimum Gasteiger partial charge on any atom is -0.496 e. The molecule has 0 saturated carbocycles. The van der Waals surface area contributed by atoms with Crippen molar-refractivity contribution in [1.82, 2.24) is 4.31 Å². The molecular formula is C19H20N2O5S. The van der Waals surface area contributed by atoms with Crippen LogP contribution in [0.25, 0.3) is 0 Å². The van der Waals surface area contributed by atoms with E-state index in [0.717, 1.165) is 0 Å². The van der Waals surface area contributed by atoms with Crippen molar-refractivity contribution in [2.24, 2.45) is 0 Å². The molecule has 1 N–H and O–H groups in total. The fourth-order valence-corrected chi connectivity index (χ4v) is 4.76. The van der Waals surface area contributed by atoms with Crippen molar-refractivity contribution in [3.63, 3.8) is 0 Å². The van der Waals surface area contributed by atoms with Gasteiger partial charge in [-0.15, -0.1) is 0 Å². The molecule has 8 heteroatoms. The predicted molar refractivity (Wildman–Crippen MR) is 99.9 cm³/mol. The lowest BCUT2D eigenvalue weighted by molar-refractivity contribution is -0.128. The highest BCUT2D eigenvalue weighted by atomic mass is 32.2. The van der Waals surface area contributed by atoms with Crippen LogP contribution in [0.4, 0.5) is 5.69 Å². The van der Waals surface area contributed by atoms with Gasteiger partial charge in [-0.1, -0.05) is 18.2 Å². The summed E-state index contributed by atoms with van der Waals surface area (Å²) in [6.45, 7) is 1.71. The molecule has 1 atom stereocenters. The van der Waals surface area contributed by atoms with Crippen LogP contribution in [0.15, 0.2) is 53.4 Å². The Kier molecular flexibility index (Phi) is 5.18. The summed E-state index contributed by atoms with van der Waals surface area (Å²) in [5, 5.41) is 2.67. The van der Waals surface area contributed by atoms with Gasteiger partial charge in [-0.3, -0.25) is 9.59 Å². The molecule has 1 fully saturated rings. The van der Waals surface area contributed by atoms with Crippen LogP contribution in [0.5, 0.6) is 5.75 Å². The van der Waals surface area contributed by atoms with Gasteiger partial charge in [-0.05, 0) is 49.2 Å². The fourth-order valence-electron chi connectivity index (χ4n) is 3.07. The van der Waals surface area contributed by atoms with Crippen molar-refractivity contribution in [3.8, 4) is 5.75 Å². The molecular weight excluding hydrogens is 368 g/mol. The van der Waals surface area contributed by atoms with Gasteiger partial charge in [0.2, 0.25) is 11.8 Å². The number of anilines is 1. The number of para-hydroxylation sites is 1. The number of carbonyl (C=O) groups excluding carboxylic acids is 2. The lowest BCUT2D eigenvalue weighted by Crippen LogP contribution is -2.45. The number of carbonyl (C=O) groups is 2. The van der Waals surface area contributed by atoms with Crippen LogP contribution < -0.4 is 10.1 Å². The Morgan fingerprint density at radius 1 is 1.19 bits per heavy atom. The number of benzene rings is 2. The van der Waals surface area contributed by atoms with Gasteiger partial charge < -0.3 is 10.1 Å². The highest BCUT2D eigenvalue weighted by molar-refractivity contribution is 7.89. The van der Waals surface area contributed by atoms with Crippen LogP contribution in [0.1, 0.15) is 18.4 Å². The van der Waals surface area contributed by atoms with E-state index in [1.807, 2.05) is 0 Å². The Balaban J connectivity index is 1.91. The summed E-state index contributed by atoms with van der Waals surface area (Å²) >= 11 is 0. The normalized spacial score (nSPS) is 17.0. The predicted octanol–water partition coefficient (Wildman–Crippen LogP) is 2.32. The molecule has 1 aliphatic heterocycles. The van der Waals surface area contributed by atoms with Crippen LogP contribution in [0.2, 0.25) is 0 Å². The molecule has 7 nitrogen and oxygen atoms in total. The van der Waals surface area contributed by atoms with Gasteiger partial charge in [-0.2, -0.15) is 0 Å². The van der Waals surface area contributed by atoms with Gasteiger partial charge in [-0.25, -0.2) is 12.7 Å². The molecule has 2 amide bonds. The maximum atomic E-state index is 13.0. The highest BCUT2D eigenvalue weighted by Crippen LogP contribution is 2.30. The van der Waals surface area contributed by atoms with E-state index in [9.17, 15) is 18.0 Å². The Labute approximate surface area is 158 Å². The first-order valence-electron chi connectivity index (χ1n) is 8.42. The third-order valence-corrected chi connectivity index (χ3v) is 6.25. The van der Waals surface area contributed by atoms with Crippen LogP contribution in [-0.4, -0.2) is 37.7 Å². The molecule has 1 aliphatic rings. The van der Waals surface area contributed by atoms with Crippen LogP contribution >= 0.6 is 0 Å². The van der Waals surface area contributed by atoms with Gasteiger partial charge in [0.25, 0.3) is 10.0 Å². The molecule has 27 heavy (non-hydrogen) atoms. The number of aryl methyl sites for hydroxylation is 1. The van der Waals surface area contributed by atoms with E-state index in [-0.39, 0.29) is 17.7 Å². The molecule has 0 bridgehead atoms. The van der Waals surface area contributed by atoms with E-state index in [4.69, 9.17) is 4.74 Å². The second-order valence-electron chi connectivity index (χ2n) is 6.24. The maximum absolute atomic E-state index is 13.0. The summed E-state index contributed by atoms with van der Waals surface area (Å²) in [5.41, 5.74) is 1.16. The Morgan fingerprint density at radius 3 is 2.52 bits per heavy atom. The lowest BCUT2D eigenvalue weighted by atomic mass is 10.2. The zero-order chi connectivity index (χ0) is 19.6. The number of methoxy groups -OCH3 is 1. The lowest BCUT2D eigenvalue weighted by Gasteiger charge is -2.24. The first-order chi connectivity index (χ1) is 12.8. The second-order valence-corrected chi connectivity index (χ2v) is 8.05. The second kappa shape index (κ2) is 7.40. The number of nitrogens with zero attached hydrogens (tertiary/aromatic N) is 1. The summed E-state index contributed by atoms with van der Waals surface area (Å²) in [4.78, 5) is 24.9. The number of nitrogens with one attached hydrogen (secondary N) is 1. The van der Waals surface area contributed by atoms with E-state index < -0.39 is 27.9 Å². The largest absolute Gasteiger partial charge is 0.496 e. The number of hydrogen-bond donors (Lipinski definition) is 1. The Hall–Kier alpha value is -2.87. The fraction of sp³-hybridized carbons (Fsp3) is 0.263.